The Balaban J connectivity index is 1.92. The molecule has 5 nitrogen and oxygen atoms in total. The SMILES string of the molecule is Cc1ccc(S(=O)(=O)NC(=O)c2c[nH]c3ccccc23)cc1. The van der Waals surface area contributed by atoms with Gasteiger partial charge in [-0.2, -0.15) is 0 Å². The van der Waals surface area contributed by atoms with E-state index in [-0.39, 0.29) is 4.90 Å². The van der Waals surface area contributed by atoms with Crippen LogP contribution in [-0.4, -0.2) is 19.3 Å². The molecule has 0 bridgehead atoms. The number of nitrogens with one attached hydrogen (secondary N) is 2. The summed E-state index contributed by atoms with van der Waals surface area (Å²) in [4.78, 5) is 15.3. The molecule has 6 heteroatoms. The van der Waals surface area contributed by atoms with Gasteiger partial charge in [0.1, 0.15) is 0 Å². The Morgan fingerprint density at radius 2 is 1.73 bits per heavy atom. The number of carbonyl (C=O) groups is 1. The molecule has 3 aromatic rings. The Kier molecular flexibility index (Phi) is 3.46. The Labute approximate surface area is 128 Å². The number of hydrogen-bond donors (Lipinski definition) is 2. The van der Waals surface area contributed by atoms with Gasteiger partial charge >= 0.3 is 0 Å². The van der Waals surface area contributed by atoms with Crippen molar-refractivity contribution in [1.82, 2.24) is 9.71 Å². The van der Waals surface area contributed by atoms with Gasteiger partial charge in [-0.25, -0.2) is 13.1 Å². The Morgan fingerprint density at radius 3 is 2.45 bits per heavy atom. The molecule has 0 radical (unpaired) electrons. The highest BCUT2D eigenvalue weighted by Gasteiger charge is 2.20. The summed E-state index contributed by atoms with van der Waals surface area (Å²) in [6.07, 6.45) is 1.50. The van der Waals surface area contributed by atoms with Gasteiger partial charge in [0.15, 0.2) is 0 Å². The number of aromatic amines is 1. The molecule has 0 saturated carbocycles. The van der Waals surface area contributed by atoms with Crippen molar-refractivity contribution in [1.29, 1.82) is 0 Å². The van der Waals surface area contributed by atoms with Gasteiger partial charge in [0.2, 0.25) is 0 Å². The molecule has 0 spiro atoms. The topological polar surface area (TPSA) is 79.0 Å². The van der Waals surface area contributed by atoms with Gasteiger partial charge in [-0.05, 0) is 25.1 Å². The molecule has 3 rings (SSSR count). The van der Waals surface area contributed by atoms with Crippen LogP contribution in [0.1, 0.15) is 15.9 Å². The zero-order chi connectivity index (χ0) is 15.7. The molecule has 1 heterocycles. The van der Waals surface area contributed by atoms with Crippen LogP contribution in [0.2, 0.25) is 0 Å². The summed E-state index contributed by atoms with van der Waals surface area (Å²) >= 11 is 0. The number of benzene rings is 2. The van der Waals surface area contributed by atoms with Gasteiger partial charge in [-0.1, -0.05) is 35.9 Å². The van der Waals surface area contributed by atoms with Gasteiger partial charge < -0.3 is 4.98 Å². The normalized spacial score (nSPS) is 11.5. The highest BCUT2D eigenvalue weighted by molar-refractivity contribution is 7.90. The van der Waals surface area contributed by atoms with E-state index in [2.05, 4.69) is 9.71 Å². The number of carbonyl (C=O) groups excluding carboxylic acids is 1. The minimum atomic E-state index is -3.88. The predicted molar refractivity (Wildman–Crippen MR) is 84.1 cm³/mol. The van der Waals surface area contributed by atoms with Gasteiger partial charge in [0.05, 0.1) is 10.5 Å². The first-order valence-electron chi connectivity index (χ1n) is 6.67. The van der Waals surface area contributed by atoms with Crippen molar-refractivity contribution in [3.63, 3.8) is 0 Å². The molecule has 112 valence electrons. The van der Waals surface area contributed by atoms with Crippen LogP contribution in [0.4, 0.5) is 0 Å². The van der Waals surface area contributed by atoms with E-state index >= 15 is 0 Å². The summed E-state index contributed by atoms with van der Waals surface area (Å²) in [6.45, 7) is 1.86. The molecule has 22 heavy (non-hydrogen) atoms. The highest BCUT2D eigenvalue weighted by Crippen LogP contribution is 2.18. The van der Waals surface area contributed by atoms with Crippen LogP contribution < -0.4 is 4.72 Å². The first kappa shape index (κ1) is 14.3. The van der Waals surface area contributed by atoms with Crippen molar-refractivity contribution in [2.24, 2.45) is 0 Å². The van der Waals surface area contributed by atoms with E-state index in [1.807, 2.05) is 19.1 Å². The predicted octanol–water partition coefficient (Wildman–Crippen LogP) is 2.60. The largest absolute Gasteiger partial charge is 0.360 e. The minimum Gasteiger partial charge on any atom is -0.360 e. The summed E-state index contributed by atoms with van der Waals surface area (Å²) in [5.41, 5.74) is 2.02. The number of rotatable bonds is 3. The van der Waals surface area contributed by atoms with Crippen LogP contribution in [0.25, 0.3) is 10.9 Å². The molecular weight excluding hydrogens is 300 g/mol. The number of H-pyrrole nitrogens is 1. The van der Waals surface area contributed by atoms with Crippen molar-refractivity contribution < 1.29 is 13.2 Å². The first-order chi connectivity index (χ1) is 10.5. The van der Waals surface area contributed by atoms with Crippen LogP contribution in [0.15, 0.2) is 59.6 Å². The van der Waals surface area contributed by atoms with E-state index in [4.69, 9.17) is 0 Å². The quantitative estimate of drug-likeness (QED) is 0.780. The number of hydrogen-bond acceptors (Lipinski definition) is 3. The molecule has 1 aromatic heterocycles. The molecule has 0 aliphatic rings. The van der Waals surface area contributed by atoms with Crippen molar-refractivity contribution >= 4 is 26.8 Å². The molecule has 0 unspecified atom stereocenters. The number of aryl methyl sites for hydroxylation is 1. The lowest BCUT2D eigenvalue weighted by Gasteiger charge is -2.06. The van der Waals surface area contributed by atoms with E-state index < -0.39 is 15.9 Å². The first-order valence-corrected chi connectivity index (χ1v) is 8.15. The van der Waals surface area contributed by atoms with E-state index in [0.717, 1.165) is 11.1 Å². The zero-order valence-corrected chi connectivity index (χ0v) is 12.6. The molecule has 0 aliphatic carbocycles. The summed E-state index contributed by atoms with van der Waals surface area (Å²) in [7, 11) is -3.88. The fourth-order valence-corrected chi connectivity index (χ4v) is 3.18. The fourth-order valence-electron chi connectivity index (χ4n) is 2.21. The molecule has 2 N–H and O–H groups in total. The smallest absolute Gasteiger partial charge is 0.267 e. The number of fused-ring (bicyclic) bond motifs is 1. The second-order valence-corrected chi connectivity index (χ2v) is 6.68. The van der Waals surface area contributed by atoms with Crippen molar-refractivity contribution in [3.05, 3.63) is 65.9 Å². The van der Waals surface area contributed by atoms with Gasteiger partial charge in [0, 0.05) is 17.1 Å². The Hall–Kier alpha value is -2.60. The molecule has 0 atom stereocenters. The lowest BCUT2D eigenvalue weighted by atomic mass is 10.2. The molecule has 0 fully saturated rings. The number of amides is 1. The summed E-state index contributed by atoms with van der Waals surface area (Å²) < 4.78 is 26.6. The minimum absolute atomic E-state index is 0.0614. The number of para-hydroxylation sites is 1. The van der Waals surface area contributed by atoms with E-state index in [1.54, 1.807) is 24.3 Å². The van der Waals surface area contributed by atoms with E-state index in [1.165, 1.54) is 18.3 Å². The third kappa shape index (κ3) is 2.60. The van der Waals surface area contributed by atoms with Gasteiger partial charge in [-0.15, -0.1) is 0 Å². The molecule has 2 aromatic carbocycles. The fraction of sp³-hybridized carbons (Fsp3) is 0.0625. The maximum absolute atomic E-state index is 12.3. The van der Waals surface area contributed by atoms with Gasteiger partial charge in [-0.3, -0.25) is 4.79 Å². The summed E-state index contributed by atoms with van der Waals surface area (Å²) in [5, 5.41) is 0.680. The molecular formula is C16H14N2O3S. The average Bonchev–Trinajstić information content (AvgIpc) is 2.91. The monoisotopic (exact) mass is 314 g/mol. The third-order valence-electron chi connectivity index (χ3n) is 3.39. The number of aromatic nitrogens is 1. The number of sulfonamides is 1. The van der Waals surface area contributed by atoms with Crippen molar-refractivity contribution in [3.8, 4) is 0 Å². The second-order valence-electron chi connectivity index (χ2n) is 5.00. The maximum Gasteiger partial charge on any atom is 0.267 e. The summed E-state index contributed by atoms with van der Waals surface area (Å²) in [6, 6.07) is 13.5. The highest BCUT2D eigenvalue weighted by atomic mass is 32.2. The standard InChI is InChI=1S/C16H14N2O3S/c1-11-6-8-12(9-7-11)22(20,21)18-16(19)14-10-17-15-5-3-2-4-13(14)15/h2-10,17H,1H3,(H,18,19). The van der Waals surface area contributed by atoms with Crippen LogP contribution in [0.3, 0.4) is 0 Å². The van der Waals surface area contributed by atoms with Crippen LogP contribution in [0, 0.1) is 6.92 Å². The molecule has 0 aliphatic heterocycles. The zero-order valence-electron chi connectivity index (χ0n) is 11.8. The molecule has 1 amide bonds. The van der Waals surface area contributed by atoms with Crippen LogP contribution >= 0.6 is 0 Å². The summed E-state index contributed by atoms with van der Waals surface area (Å²) in [5.74, 6) is -0.655. The van der Waals surface area contributed by atoms with Crippen molar-refractivity contribution in [2.75, 3.05) is 0 Å². The van der Waals surface area contributed by atoms with E-state index in [0.29, 0.717) is 10.9 Å². The third-order valence-corrected chi connectivity index (χ3v) is 4.74. The molecule has 0 saturated heterocycles. The second kappa shape index (κ2) is 5.31. The Bertz CT molecular complexity index is 941. The van der Waals surface area contributed by atoms with Crippen molar-refractivity contribution in [2.45, 2.75) is 11.8 Å². The lowest BCUT2D eigenvalue weighted by molar-refractivity contribution is 0.0983. The maximum atomic E-state index is 12.3. The average molecular weight is 314 g/mol. The Morgan fingerprint density at radius 1 is 1.05 bits per heavy atom. The lowest BCUT2D eigenvalue weighted by Crippen LogP contribution is -2.30. The van der Waals surface area contributed by atoms with E-state index in [9.17, 15) is 13.2 Å². The van der Waals surface area contributed by atoms with Gasteiger partial charge in [0.25, 0.3) is 15.9 Å². The van der Waals surface area contributed by atoms with Crippen LogP contribution in [0.5, 0.6) is 0 Å². The van der Waals surface area contributed by atoms with Crippen LogP contribution in [-0.2, 0) is 10.0 Å².